The summed E-state index contributed by atoms with van der Waals surface area (Å²) in [5.41, 5.74) is 6.56. The number of para-hydroxylation sites is 1. The van der Waals surface area contributed by atoms with Crippen LogP contribution in [-0.4, -0.2) is 55.7 Å². The van der Waals surface area contributed by atoms with Crippen molar-refractivity contribution in [2.45, 2.75) is 31.3 Å². The van der Waals surface area contributed by atoms with Gasteiger partial charge in [-0.2, -0.15) is 0 Å². The van der Waals surface area contributed by atoms with Gasteiger partial charge in [-0.15, -0.1) is 0 Å². The van der Waals surface area contributed by atoms with Crippen molar-refractivity contribution in [3.05, 3.63) is 29.3 Å². The van der Waals surface area contributed by atoms with Crippen molar-refractivity contribution in [2.24, 2.45) is 11.8 Å². The van der Waals surface area contributed by atoms with E-state index in [0.717, 1.165) is 51.2 Å². The molecule has 4 unspecified atom stereocenters. The maximum absolute atomic E-state index is 13.1. The molecule has 4 rings (SSSR count). The number of fused-ring (bicyclic) bond motifs is 1. The lowest BCUT2D eigenvalue weighted by Crippen LogP contribution is -2.53. The van der Waals surface area contributed by atoms with Crippen molar-refractivity contribution >= 4 is 17.5 Å². The Balaban J connectivity index is 1.33. The van der Waals surface area contributed by atoms with E-state index < -0.39 is 0 Å². The Morgan fingerprint density at radius 2 is 2.15 bits per heavy atom. The molecule has 3 aliphatic rings. The Morgan fingerprint density at radius 1 is 1.27 bits per heavy atom. The molecule has 3 N–H and O–H groups in total. The Hall–Kier alpha value is -1.34. The number of carbonyl (C=O) groups is 1. The molecule has 0 spiro atoms. The van der Waals surface area contributed by atoms with Gasteiger partial charge in [0.15, 0.2) is 0 Å². The number of rotatable bonds is 4. The van der Waals surface area contributed by atoms with Crippen molar-refractivity contribution in [1.29, 1.82) is 0 Å². The van der Waals surface area contributed by atoms with Crippen LogP contribution in [0.25, 0.3) is 0 Å². The van der Waals surface area contributed by atoms with Gasteiger partial charge in [-0.3, -0.25) is 10.2 Å². The Kier molecular flexibility index (Phi) is 5.64. The molecule has 3 aliphatic heterocycles. The number of nitrogens with zero attached hydrogens (tertiary/aromatic N) is 1. The number of likely N-dealkylation sites (tertiary alicyclic amines) is 1. The summed E-state index contributed by atoms with van der Waals surface area (Å²) in [4.78, 5) is 15.1. The molecule has 1 aromatic rings. The Labute approximate surface area is 159 Å². The number of piperidine rings is 2. The van der Waals surface area contributed by atoms with Gasteiger partial charge < -0.3 is 15.0 Å². The molecule has 0 aliphatic carbocycles. The molecule has 0 radical (unpaired) electrons. The third-order valence-corrected chi connectivity index (χ3v) is 6.10. The fraction of sp³-hybridized carbons (Fsp3) is 0.632. The van der Waals surface area contributed by atoms with Crippen LogP contribution in [0, 0.1) is 11.8 Å². The first kappa shape index (κ1) is 18.0. The second kappa shape index (κ2) is 8.13. The van der Waals surface area contributed by atoms with Crippen molar-refractivity contribution in [3.63, 3.8) is 0 Å². The van der Waals surface area contributed by atoms with Gasteiger partial charge in [0.05, 0.1) is 11.6 Å². The first-order chi connectivity index (χ1) is 12.7. The highest BCUT2D eigenvalue weighted by molar-refractivity contribution is 6.32. The second-order valence-electron chi connectivity index (χ2n) is 7.56. The predicted octanol–water partition coefficient (Wildman–Crippen LogP) is 1.41. The number of hydrogen-bond acceptors (Lipinski definition) is 5. The fourth-order valence-corrected chi connectivity index (χ4v) is 4.52. The molecule has 1 amide bonds. The van der Waals surface area contributed by atoms with Crippen LogP contribution in [0.2, 0.25) is 5.02 Å². The molecule has 7 heteroatoms. The molecule has 0 saturated carbocycles. The number of carbonyl (C=O) groups excluding carboxylic acids is 1. The summed E-state index contributed by atoms with van der Waals surface area (Å²) in [7, 11) is 0. The SMILES string of the molecule is O=C(C1NNC2CCNCC21)N1CCCC(COc2ccccc2Cl)C1. The van der Waals surface area contributed by atoms with Gasteiger partial charge >= 0.3 is 0 Å². The van der Waals surface area contributed by atoms with Gasteiger partial charge in [-0.25, -0.2) is 5.43 Å². The molecule has 0 aromatic heterocycles. The number of hydrazine groups is 1. The first-order valence-corrected chi connectivity index (χ1v) is 9.98. The van der Waals surface area contributed by atoms with E-state index in [2.05, 4.69) is 16.2 Å². The second-order valence-corrected chi connectivity index (χ2v) is 7.97. The topological polar surface area (TPSA) is 65.6 Å². The van der Waals surface area contributed by atoms with Crippen molar-refractivity contribution in [2.75, 3.05) is 32.8 Å². The van der Waals surface area contributed by atoms with E-state index in [1.807, 2.05) is 29.2 Å². The Morgan fingerprint density at radius 3 is 3.04 bits per heavy atom. The lowest BCUT2D eigenvalue weighted by molar-refractivity contribution is -0.136. The summed E-state index contributed by atoms with van der Waals surface area (Å²) < 4.78 is 5.91. The summed E-state index contributed by atoms with van der Waals surface area (Å²) in [6.45, 7) is 4.10. The number of amides is 1. The summed E-state index contributed by atoms with van der Waals surface area (Å²) in [6, 6.07) is 7.81. The van der Waals surface area contributed by atoms with Crippen LogP contribution in [0.3, 0.4) is 0 Å². The number of hydrogen-bond donors (Lipinski definition) is 3. The van der Waals surface area contributed by atoms with Gasteiger partial charge in [-0.05, 0) is 37.9 Å². The summed E-state index contributed by atoms with van der Waals surface area (Å²) >= 11 is 6.16. The average Bonchev–Trinajstić information content (AvgIpc) is 3.11. The van der Waals surface area contributed by atoms with Crippen molar-refractivity contribution < 1.29 is 9.53 Å². The van der Waals surface area contributed by atoms with Crippen LogP contribution in [0.4, 0.5) is 0 Å². The van der Waals surface area contributed by atoms with Gasteiger partial charge in [0, 0.05) is 37.5 Å². The standard InChI is InChI=1S/C19H27ClN4O2/c20-15-5-1-2-6-17(15)26-12-13-4-3-9-24(11-13)19(25)18-14-10-21-8-7-16(14)22-23-18/h1-2,5-6,13-14,16,18,21-23H,3-4,7-12H2. The summed E-state index contributed by atoms with van der Waals surface area (Å²) in [5.74, 6) is 1.61. The van der Waals surface area contributed by atoms with Crippen LogP contribution >= 0.6 is 11.6 Å². The first-order valence-electron chi connectivity index (χ1n) is 9.60. The molecular weight excluding hydrogens is 352 g/mol. The van der Waals surface area contributed by atoms with Crippen LogP contribution in [0.5, 0.6) is 5.75 Å². The zero-order valence-corrected chi connectivity index (χ0v) is 15.7. The van der Waals surface area contributed by atoms with Crippen molar-refractivity contribution in [1.82, 2.24) is 21.1 Å². The fourth-order valence-electron chi connectivity index (χ4n) is 4.33. The number of benzene rings is 1. The lowest BCUT2D eigenvalue weighted by Gasteiger charge is -2.36. The van der Waals surface area contributed by atoms with E-state index in [9.17, 15) is 4.79 Å². The quantitative estimate of drug-likeness (QED) is 0.739. The maximum Gasteiger partial charge on any atom is 0.241 e. The molecule has 0 bridgehead atoms. The van der Waals surface area contributed by atoms with E-state index in [4.69, 9.17) is 16.3 Å². The normalized spacial score (nSPS) is 31.5. The van der Waals surface area contributed by atoms with E-state index in [-0.39, 0.29) is 11.9 Å². The highest BCUT2D eigenvalue weighted by Crippen LogP contribution is 2.27. The number of ether oxygens (including phenoxy) is 1. The van der Waals surface area contributed by atoms with E-state index in [1.165, 1.54) is 0 Å². The zero-order valence-electron chi connectivity index (χ0n) is 14.9. The molecule has 3 fully saturated rings. The monoisotopic (exact) mass is 378 g/mol. The van der Waals surface area contributed by atoms with Gasteiger partial charge in [-0.1, -0.05) is 23.7 Å². The Bertz CT molecular complexity index is 644. The highest BCUT2D eigenvalue weighted by atomic mass is 35.5. The molecular formula is C19H27ClN4O2. The van der Waals surface area contributed by atoms with Gasteiger partial charge in [0.25, 0.3) is 0 Å². The van der Waals surface area contributed by atoms with E-state index >= 15 is 0 Å². The van der Waals surface area contributed by atoms with Gasteiger partial charge in [0.1, 0.15) is 11.8 Å². The van der Waals surface area contributed by atoms with Gasteiger partial charge in [0.2, 0.25) is 5.91 Å². The molecule has 26 heavy (non-hydrogen) atoms. The highest BCUT2D eigenvalue weighted by Gasteiger charge is 2.43. The smallest absolute Gasteiger partial charge is 0.241 e. The predicted molar refractivity (Wildman–Crippen MR) is 101 cm³/mol. The third kappa shape index (κ3) is 3.83. The molecule has 4 atom stereocenters. The third-order valence-electron chi connectivity index (χ3n) is 5.79. The summed E-state index contributed by atoms with van der Waals surface area (Å²) in [5, 5.41) is 4.05. The van der Waals surface area contributed by atoms with Crippen LogP contribution in [0.15, 0.2) is 24.3 Å². The van der Waals surface area contributed by atoms with Crippen LogP contribution in [-0.2, 0) is 4.79 Å². The zero-order chi connectivity index (χ0) is 17.9. The molecule has 3 saturated heterocycles. The molecule has 3 heterocycles. The van der Waals surface area contributed by atoms with Crippen molar-refractivity contribution in [3.8, 4) is 5.75 Å². The van der Waals surface area contributed by atoms with Crippen LogP contribution < -0.4 is 20.9 Å². The molecule has 1 aromatic carbocycles. The van der Waals surface area contributed by atoms with E-state index in [1.54, 1.807) is 0 Å². The number of nitrogens with one attached hydrogen (secondary N) is 3. The van der Waals surface area contributed by atoms with Crippen LogP contribution in [0.1, 0.15) is 19.3 Å². The number of halogens is 1. The average molecular weight is 379 g/mol. The molecule has 6 nitrogen and oxygen atoms in total. The largest absolute Gasteiger partial charge is 0.492 e. The van der Waals surface area contributed by atoms with E-state index in [0.29, 0.717) is 29.5 Å². The minimum Gasteiger partial charge on any atom is -0.492 e. The summed E-state index contributed by atoms with van der Waals surface area (Å²) in [6.07, 6.45) is 3.17. The maximum atomic E-state index is 13.1. The minimum absolute atomic E-state index is 0.129. The minimum atomic E-state index is -0.129. The molecule has 142 valence electrons. The lowest BCUT2D eigenvalue weighted by atomic mass is 9.88.